The molecule has 0 heterocycles. The molecular weight excluding hydrogens is 252 g/mol. The van der Waals surface area contributed by atoms with Gasteiger partial charge in [-0.25, -0.2) is 0 Å². The first-order valence-corrected chi connectivity index (χ1v) is 6.37. The summed E-state index contributed by atoms with van der Waals surface area (Å²) in [5.41, 5.74) is 8.84. The third kappa shape index (κ3) is 2.91. The second-order valence-electron chi connectivity index (χ2n) is 4.86. The summed E-state index contributed by atoms with van der Waals surface area (Å²) in [6, 6.07) is 12.2. The molecule has 4 heteroatoms. The van der Waals surface area contributed by atoms with E-state index in [1.807, 2.05) is 19.1 Å². The smallest absolute Gasteiger partial charge is 0.255 e. The van der Waals surface area contributed by atoms with Crippen molar-refractivity contribution in [2.24, 2.45) is 0 Å². The van der Waals surface area contributed by atoms with Crippen molar-refractivity contribution in [1.82, 2.24) is 4.90 Å². The minimum Gasteiger partial charge on any atom is -0.508 e. The highest BCUT2D eigenvalue weighted by Gasteiger charge is 2.15. The lowest BCUT2D eigenvalue weighted by Gasteiger charge is -2.19. The number of para-hydroxylation sites is 1. The average molecular weight is 270 g/mol. The molecule has 3 N–H and O–H groups in total. The molecule has 0 aliphatic heterocycles. The predicted molar refractivity (Wildman–Crippen MR) is 79.5 cm³/mol. The van der Waals surface area contributed by atoms with E-state index in [4.69, 9.17) is 5.73 Å². The van der Waals surface area contributed by atoms with Crippen molar-refractivity contribution < 1.29 is 9.90 Å². The van der Waals surface area contributed by atoms with Crippen LogP contribution in [0, 0.1) is 6.92 Å². The Labute approximate surface area is 118 Å². The van der Waals surface area contributed by atoms with Crippen molar-refractivity contribution in [2.45, 2.75) is 13.5 Å². The summed E-state index contributed by atoms with van der Waals surface area (Å²) in [5, 5.41) is 9.25. The van der Waals surface area contributed by atoms with Gasteiger partial charge in [-0.2, -0.15) is 0 Å². The molecule has 0 atom stereocenters. The third-order valence-corrected chi connectivity index (χ3v) is 3.26. The standard InChI is InChI=1S/C16H18N2O2/c1-11-4-3-5-14(15(11)17)16(20)18(2)10-12-6-8-13(19)9-7-12/h3-9,19H,10,17H2,1-2H3. The topological polar surface area (TPSA) is 66.6 Å². The van der Waals surface area contributed by atoms with E-state index in [9.17, 15) is 9.90 Å². The number of hydrogen-bond donors (Lipinski definition) is 2. The molecule has 0 aliphatic rings. The number of hydrogen-bond acceptors (Lipinski definition) is 3. The van der Waals surface area contributed by atoms with Gasteiger partial charge in [0.2, 0.25) is 0 Å². The molecule has 0 unspecified atom stereocenters. The van der Waals surface area contributed by atoms with Crippen molar-refractivity contribution in [3.8, 4) is 5.75 Å². The molecule has 2 aromatic rings. The van der Waals surface area contributed by atoms with Gasteiger partial charge in [0.25, 0.3) is 5.91 Å². The van der Waals surface area contributed by atoms with Crippen LogP contribution in [0.1, 0.15) is 21.5 Å². The number of phenols is 1. The summed E-state index contributed by atoms with van der Waals surface area (Å²) in [5.74, 6) is 0.102. The van der Waals surface area contributed by atoms with Gasteiger partial charge in [-0.05, 0) is 36.2 Å². The van der Waals surface area contributed by atoms with Gasteiger partial charge in [-0.1, -0.05) is 24.3 Å². The van der Waals surface area contributed by atoms with Crippen LogP contribution >= 0.6 is 0 Å². The molecule has 0 spiro atoms. The zero-order valence-corrected chi connectivity index (χ0v) is 11.6. The van der Waals surface area contributed by atoms with Gasteiger partial charge < -0.3 is 15.7 Å². The van der Waals surface area contributed by atoms with E-state index in [0.29, 0.717) is 17.8 Å². The van der Waals surface area contributed by atoms with E-state index < -0.39 is 0 Å². The van der Waals surface area contributed by atoms with Crippen LogP contribution in [0.4, 0.5) is 5.69 Å². The molecule has 2 aromatic carbocycles. The summed E-state index contributed by atoms with van der Waals surface area (Å²) < 4.78 is 0. The molecule has 1 amide bonds. The molecule has 4 nitrogen and oxygen atoms in total. The number of amides is 1. The van der Waals surface area contributed by atoms with E-state index in [1.54, 1.807) is 42.3 Å². The molecule has 2 rings (SSSR count). The SMILES string of the molecule is Cc1cccc(C(=O)N(C)Cc2ccc(O)cc2)c1N. The zero-order chi connectivity index (χ0) is 14.7. The summed E-state index contributed by atoms with van der Waals surface area (Å²) in [4.78, 5) is 14.0. The van der Waals surface area contributed by atoms with Crippen molar-refractivity contribution >= 4 is 11.6 Å². The van der Waals surface area contributed by atoms with Gasteiger partial charge in [0.05, 0.1) is 5.56 Å². The normalized spacial score (nSPS) is 10.3. The van der Waals surface area contributed by atoms with E-state index in [0.717, 1.165) is 11.1 Å². The Kier molecular flexibility index (Phi) is 3.94. The molecule has 20 heavy (non-hydrogen) atoms. The number of aryl methyl sites for hydroxylation is 1. The first kappa shape index (κ1) is 13.9. The fraction of sp³-hybridized carbons (Fsp3) is 0.188. The number of rotatable bonds is 3. The molecule has 104 valence electrons. The number of anilines is 1. The van der Waals surface area contributed by atoms with Crippen LogP contribution in [0.15, 0.2) is 42.5 Å². The highest BCUT2D eigenvalue weighted by atomic mass is 16.3. The van der Waals surface area contributed by atoms with Crippen molar-refractivity contribution in [2.75, 3.05) is 12.8 Å². The zero-order valence-electron chi connectivity index (χ0n) is 11.6. The van der Waals surface area contributed by atoms with Crippen LogP contribution < -0.4 is 5.73 Å². The van der Waals surface area contributed by atoms with E-state index in [1.165, 1.54) is 0 Å². The Morgan fingerprint density at radius 1 is 1.20 bits per heavy atom. The maximum atomic E-state index is 12.4. The minimum atomic E-state index is -0.112. The molecule has 0 aromatic heterocycles. The first-order chi connectivity index (χ1) is 9.49. The first-order valence-electron chi connectivity index (χ1n) is 6.37. The number of aromatic hydroxyl groups is 1. The van der Waals surface area contributed by atoms with Crippen molar-refractivity contribution in [3.05, 3.63) is 59.2 Å². The Balaban J connectivity index is 2.16. The number of carbonyl (C=O) groups excluding carboxylic acids is 1. The maximum Gasteiger partial charge on any atom is 0.255 e. The average Bonchev–Trinajstić information content (AvgIpc) is 2.43. The quantitative estimate of drug-likeness (QED) is 0.842. The van der Waals surface area contributed by atoms with E-state index in [2.05, 4.69) is 0 Å². The highest BCUT2D eigenvalue weighted by Crippen LogP contribution is 2.19. The lowest BCUT2D eigenvalue weighted by atomic mass is 10.1. The molecule has 0 aliphatic carbocycles. The molecule has 0 saturated carbocycles. The van der Waals surface area contributed by atoms with Gasteiger partial charge in [0, 0.05) is 19.3 Å². The Bertz CT molecular complexity index is 621. The number of carbonyl (C=O) groups is 1. The van der Waals surface area contributed by atoms with Crippen LogP contribution in [0.3, 0.4) is 0 Å². The van der Waals surface area contributed by atoms with Gasteiger partial charge in [-0.3, -0.25) is 4.79 Å². The number of nitrogen functional groups attached to an aromatic ring is 1. The Hall–Kier alpha value is -2.49. The second kappa shape index (κ2) is 5.65. The van der Waals surface area contributed by atoms with Crippen LogP contribution in [-0.2, 0) is 6.54 Å². The van der Waals surface area contributed by atoms with E-state index in [-0.39, 0.29) is 11.7 Å². The van der Waals surface area contributed by atoms with Crippen LogP contribution in [-0.4, -0.2) is 23.0 Å². The van der Waals surface area contributed by atoms with Crippen LogP contribution in [0.2, 0.25) is 0 Å². The number of benzene rings is 2. The Morgan fingerprint density at radius 3 is 2.50 bits per heavy atom. The molecular formula is C16H18N2O2. The maximum absolute atomic E-state index is 12.4. The Morgan fingerprint density at radius 2 is 1.85 bits per heavy atom. The largest absolute Gasteiger partial charge is 0.508 e. The number of nitrogens with zero attached hydrogens (tertiary/aromatic N) is 1. The van der Waals surface area contributed by atoms with Gasteiger partial charge in [0.15, 0.2) is 0 Å². The third-order valence-electron chi connectivity index (χ3n) is 3.26. The van der Waals surface area contributed by atoms with Gasteiger partial charge in [0.1, 0.15) is 5.75 Å². The lowest BCUT2D eigenvalue weighted by Crippen LogP contribution is -2.27. The molecule has 0 bridgehead atoms. The predicted octanol–water partition coefficient (Wildman–Crippen LogP) is 2.56. The van der Waals surface area contributed by atoms with Gasteiger partial charge >= 0.3 is 0 Å². The summed E-state index contributed by atoms with van der Waals surface area (Å²) in [6.07, 6.45) is 0. The summed E-state index contributed by atoms with van der Waals surface area (Å²) in [6.45, 7) is 2.35. The molecule has 0 saturated heterocycles. The van der Waals surface area contributed by atoms with Crippen LogP contribution in [0.25, 0.3) is 0 Å². The highest BCUT2D eigenvalue weighted by molar-refractivity contribution is 5.99. The van der Waals surface area contributed by atoms with Crippen LogP contribution in [0.5, 0.6) is 5.75 Å². The lowest BCUT2D eigenvalue weighted by molar-refractivity contribution is 0.0786. The van der Waals surface area contributed by atoms with Crippen molar-refractivity contribution in [1.29, 1.82) is 0 Å². The molecule has 0 radical (unpaired) electrons. The second-order valence-corrected chi connectivity index (χ2v) is 4.86. The minimum absolute atomic E-state index is 0.112. The summed E-state index contributed by atoms with van der Waals surface area (Å²) >= 11 is 0. The fourth-order valence-corrected chi connectivity index (χ4v) is 2.02. The fourth-order valence-electron chi connectivity index (χ4n) is 2.02. The monoisotopic (exact) mass is 270 g/mol. The number of nitrogens with two attached hydrogens (primary N) is 1. The van der Waals surface area contributed by atoms with E-state index >= 15 is 0 Å². The van der Waals surface area contributed by atoms with Gasteiger partial charge in [-0.15, -0.1) is 0 Å². The number of phenolic OH excluding ortho intramolecular Hbond substituents is 1. The molecule has 0 fully saturated rings. The summed E-state index contributed by atoms with van der Waals surface area (Å²) in [7, 11) is 1.73. The van der Waals surface area contributed by atoms with Crippen molar-refractivity contribution in [3.63, 3.8) is 0 Å².